The molecule has 96 valence electrons. The summed E-state index contributed by atoms with van der Waals surface area (Å²) < 4.78 is 5.03. The minimum atomic E-state index is -0.0345. The molecule has 1 amide bonds. The Morgan fingerprint density at radius 2 is 2.00 bits per heavy atom. The van der Waals surface area contributed by atoms with E-state index in [9.17, 15) is 4.79 Å². The number of benzene rings is 1. The van der Waals surface area contributed by atoms with Crippen LogP contribution in [0.3, 0.4) is 0 Å². The van der Waals surface area contributed by atoms with Gasteiger partial charge in [0.05, 0.1) is 12.6 Å². The lowest BCUT2D eigenvalue weighted by atomic mass is 10.3. The van der Waals surface area contributed by atoms with Crippen LogP contribution in [0.15, 0.2) is 30.3 Å². The number of carbonyl (C=O) groups excluding carboxylic acids is 1. The molecule has 0 spiro atoms. The average molecular weight is 259 g/mol. The van der Waals surface area contributed by atoms with E-state index >= 15 is 0 Å². The predicted octanol–water partition coefficient (Wildman–Crippen LogP) is 1.67. The van der Waals surface area contributed by atoms with Crippen LogP contribution in [0, 0.1) is 0 Å². The molecule has 0 aliphatic carbocycles. The number of halogens is 1. The highest BCUT2D eigenvalue weighted by molar-refractivity contribution is 5.85. The van der Waals surface area contributed by atoms with Crippen LogP contribution in [0.2, 0.25) is 0 Å². The van der Waals surface area contributed by atoms with Crippen molar-refractivity contribution in [3.8, 4) is 0 Å². The number of hydrogen-bond acceptors (Lipinski definition) is 3. The minimum absolute atomic E-state index is 0. The van der Waals surface area contributed by atoms with Crippen LogP contribution in [0.25, 0.3) is 0 Å². The number of carbonyl (C=O) groups is 1. The van der Waals surface area contributed by atoms with Gasteiger partial charge in [-0.1, -0.05) is 18.2 Å². The third-order valence-electron chi connectivity index (χ3n) is 2.22. The van der Waals surface area contributed by atoms with Crippen molar-refractivity contribution in [3.63, 3.8) is 0 Å². The van der Waals surface area contributed by atoms with Crippen molar-refractivity contribution >= 4 is 24.0 Å². The number of amides is 1. The topological polar surface area (TPSA) is 50.4 Å². The molecule has 0 fully saturated rings. The van der Waals surface area contributed by atoms with Crippen molar-refractivity contribution in [1.29, 1.82) is 0 Å². The first-order valence-corrected chi connectivity index (χ1v) is 5.31. The van der Waals surface area contributed by atoms with Crippen LogP contribution >= 0.6 is 12.4 Å². The number of hydrogen-bond donors (Lipinski definition) is 2. The van der Waals surface area contributed by atoms with Gasteiger partial charge in [0.25, 0.3) is 0 Å². The highest BCUT2D eigenvalue weighted by Crippen LogP contribution is 2.03. The Balaban J connectivity index is 0.00000256. The maximum absolute atomic E-state index is 11.4. The molecule has 1 rings (SSSR count). The molecule has 1 atom stereocenters. The molecule has 0 heterocycles. The Bertz CT molecular complexity index is 320. The summed E-state index contributed by atoms with van der Waals surface area (Å²) in [7, 11) is 1.62. The van der Waals surface area contributed by atoms with Gasteiger partial charge in [-0.05, 0) is 19.1 Å². The van der Waals surface area contributed by atoms with E-state index in [2.05, 4.69) is 10.6 Å². The molecule has 1 aromatic carbocycles. The first-order chi connectivity index (χ1) is 7.72. The van der Waals surface area contributed by atoms with Gasteiger partial charge in [0.2, 0.25) is 5.91 Å². The molecule has 0 saturated heterocycles. The van der Waals surface area contributed by atoms with Crippen molar-refractivity contribution < 1.29 is 9.53 Å². The lowest BCUT2D eigenvalue weighted by molar-refractivity contribution is -0.119. The molecule has 0 aliphatic heterocycles. The molecule has 4 nitrogen and oxygen atoms in total. The van der Waals surface area contributed by atoms with Gasteiger partial charge in [0.1, 0.15) is 0 Å². The lowest BCUT2D eigenvalue weighted by Crippen LogP contribution is -2.35. The molecule has 1 aromatic rings. The minimum Gasteiger partial charge on any atom is -0.380 e. The Hall–Kier alpha value is -1.26. The van der Waals surface area contributed by atoms with E-state index in [1.54, 1.807) is 7.11 Å². The van der Waals surface area contributed by atoms with E-state index in [1.165, 1.54) is 0 Å². The predicted molar refractivity (Wildman–Crippen MR) is 71.7 cm³/mol. The van der Waals surface area contributed by atoms with E-state index in [-0.39, 0.29) is 31.0 Å². The second kappa shape index (κ2) is 8.84. The number of nitrogens with one attached hydrogen (secondary N) is 2. The second-order valence-corrected chi connectivity index (χ2v) is 3.57. The van der Waals surface area contributed by atoms with Crippen molar-refractivity contribution in [3.05, 3.63) is 30.3 Å². The van der Waals surface area contributed by atoms with Gasteiger partial charge in [-0.2, -0.15) is 0 Å². The first-order valence-electron chi connectivity index (χ1n) is 5.31. The van der Waals surface area contributed by atoms with Crippen molar-refractivity contribution in [2.24, 2.45) is 0 Å². The fraction of sp³-hybridized carbons (Fsp3) is 0.417. The zero-order chi connectivity index (χ0) is 11.8. The van der Waals surface area contributed by atoms with E-state index < -0.39 is 0 Å². The van der Waals surface area contributed by atoms with Crippen LogP contribution < -0.4 is 10.6 Å². The molecule has 0 saturated carbocycles. The fourth-order valence-corrected chi connectivity index (χ4v) is 1.14. The summed E-state index contributed by atoms with van der Waals surface area (Å²) in [6, 6.07) is 9.63. The van der Waals surface area contributed by atoms with Gasteiger partial charge in [-0.15, -0.1) is 12.4 Å². The molecular weight excluding hydrogens is 240 g/mol. The smallest absolute Gasteiger partial charge is 0.239 e. The van der Waals surface area contributed by atoms with Gasteiger partial charge in [0.15, 0.2) is 0 Å². The molecular formula is C12H19ClN2O2. The molecule has 0 aromatic heterocycles. The normalized spacial score (nSPS) is 11.2. The van der Waals surface area contributed by atoms with Crippen LogP contribution in [0.1, 0.15) is 6.92 Å². The van der Waals surface area contributed by atoms with E-state index in [1.807, 2.05) is 37.3 Å². The van der Waals surface area contributed by atoms with E-state index in [4.69, 9.17) is 4.74 Å². The molecule has 0 radical (unpaired) electrons. The van der Waals surface area contributed by atoms with Gasteiger partial charge in [-0.25, -0.2) is 0 Å². The van der Waals surface area contributed by atoms with Crippen LogP contribution in [0.5, 0.6) is 0 Å². The monoisotopic (exact) mass is 258 g/mol. The Morgan fingerprint density at radius 1 is 1.35 bits per heavy atom. The zero-order valence-electron chi connectivity index (χ0n) is 10.1. The zero-order valence-corrected chi connectivity index (χ0v) is 10.9. The second-order valence-electron chi connectivity index (χ2n) is 3.57. The molecule has 0 aliphatic rings. The summed E-state index contributed by atoms with van der Waals surface area (Å²) in [6.45, 7) is 2.72. The molecule has 1 unspecified atom stereocenters. The largest absolute Gasteiger partial charge is 0.380 e. The van der Waals surface area contributed by atoms with Crippen molar-refractivity contribution in [2.75, 3.05) is 25.5 Å². The maximum Gasteiger partial charge on any atom is 0.239 e. The average Bonchev–Trinajstić information content (AvgIpc) is 2.34. The van der Waals surface area contributed by atoms with Gasteiger partial charge >= 0.3 is 0 Å². The number of rotatable bonds is 6. The van der Waals surface area contributed by atoms with Crippen molar-refractivity contribution in [1.82, 2.24) is 5.32 Å². The summed E-state index contributed by atoms with van der Waals surface area (Å²) in [6.07, 6.45) is 0.0423. The summed E-state index contributed by atoms with van der Waals surface area (Å²) in [5.74, 6) is -0.0345. The highest BCUT2D eigenvalue weighted by atomic mass is 35.5. The summed E-state index contributed by atoms with van der Waals surface area (Å²) in [5, 5.41) is 5.81. The first kappa shape index (κ1) is 15.7. The molecule has 0 bridgehead atoms. The lowest BCUT2D eigenvalue weighted by Gasteiger charge is -2.11. The molecule has 5 heteroatoms. The SMILES string of the molecule is COC(C)CNC(=O)CNc1ccccc1.Cl. The quantitative estimate of drug-likeness (QED) is 0.816. The van der Waals surface area contributed by atoms with Crippen LogP contribution in [-0.2, 0) is 9.53 Å². The van der Waals surface area contributed by atoms with Gasteiger partial charge < -0.3 is 15.4 Å². The fourth-order valence-electron chi connectivity index (χ4n) is 1.14. The Morgan fingerprint density at radius 3 is 2.59 bits per heavy atom. The Labute approximate surface area is 108 Å². The maximum atomic E-state index is 11.4. The summed E-state index contributed by atoms with van der Waals surface area (Å²) in [5.41, 5.74) is 0.942. The standard InChI is InChI=1S/C12H18N2O2.ClH/c1-10(16-2)8-14-12(15)9-13-11-6-4-3-5-7-11;/h3-7,10,13H,8-9H2,1-2H3,(H,14,15);1H. The van der Waals surface area contributed by atoms with Crippen LogP contribution in [0.4, 0.5) is 5.69 Å². The van der Waals surface area contributed by atoms with Gasteiger partial charge in [0, 0.05) is 19.3 Å². The van der Waals surface area contributed by atoms with Crippen LogP contribution in [-0.4, -0.2) is 32.2 Å². The number of anilines is 1. The summed E-state index contributed by atoms with van der Waals surface area (Å²) >= 11 is 0. The molecule has 2 N–H and O–H groups in total. The molecule has 17 heavy (non-hydrogen) atoms. The number of ether oxygens (including phenoxy) is 1. The number of para-hydroxylation sites is 1. The van der Waals surface area contributed by atoms with Gasteiger partial charge in [-0.3, -0.25) is 4.79 Å². The highest BCUT2D eigenvalue weighted by Gasteiger charge is 2.03. The van der Waals surface area contributed by atoms with E-state index in [0.29, 0.717) is 6.54 Å². The van der Waals surface area contributed by atoms with E-state index in [0.717, 1.165) is 5.69 Å². The Kier molecular flexibility index (Phi) is 8.19. The van der Waals surface area contributed by atoms with Crippen molar-refractivity contribution in [2.45, 2.75) is 13.0 Å². The third kappa shape index (κ3) is 6.81. The third-order valence-corrected chi connectivity index (χ3v) is 2.22. The number of methoxy groups -OCH3 is 1. The summed E-state index contributed by atoms with van der Waals surface area (Å²) in [4.78, 5) is 11.4.